The Morgan fingerprint density at radius 2 is 2.50 bits per heavy atom. The monoisotopic (exact) mass is 81.0 g/mol. The van der Waals surface area contributed by atoms with E-state index in [4.69, 9.17) is 1.37 Å². The van der Waals surface area contributed by atoms with Gasteiger partial charge in [-0.1, -0.05) is 11.6 Å². The summed E-state index contributed by atoms with van der Waals surface area (Å²) >= 11 is 4.61. The summed E-state index contributed by atoms with van der Waals surface area (Å²) in [7, 11) is 0. The van der Waals surface area contributed by atoms with Crippen LogP contribution in [-0.2, 0) is 0 Å². The molecule has 0 rings (SSSR count). The second-order valence-electron chi connectivity index (χ2n) is 0.218. The normalized spacial score (nSPS) is 15.5. The van der Waals surface area contributed by atoms with Crippen molar-refractivity contribution in [3.63, 3.8) is 0 Å². The Morgan fingerprint density at radius 1 is 2.25 bits per heavy atom. The van der Waals surface area contributed by atoms with Crippen molar-refractivity contribution in [2.24, 2.45) is 0 Å². The second-order valence-corrected chi connectivity index (χ2v) is 0.436. The predicted octanol–water partition coefficient (Wildman–Crippen LogP) is 1.67. The predicted molar refractivity (Wildman–Crippen MR) is 16.1 cm³/mol. The number of hydrogen-bond donors (Lipinski definition) is 0. The van der Waals surface area contributed by atoms with Crippen LogP contribution in [0.1, 0.15) is 1.37 Å². The minimum atomic E-state index is -0.565. The molecular formula is C2H2ClF. The molecule has 0 aromatic rings. The minimum absolute atomic E-state index is 0.0154. The zero-order valence-electron chi connectivity index (χ0n) is 2.83. The molecule has 0 spiro atoms. The van der Waals surface area contributed by atoms with Crippen molar-refractivity contribution in [3.8, 4) is 0 Å². The molecule has 4 heavy (non-hydrogen) atoms. The van der Waals surface area contributed by atoms with Gasteiger partial charge in [0, 0.05) is 5.51 Å². The van der Waals surface area contributed by atoms with Gasteiger partial charge in [0.05, 0.1) is 7.70 Å². The van der Waals surface area contributed by atoms with Crippen molar-refractivity contribution < 1.29 is 5.76 Å². The van der Waals surface area contributed by atoms with Gasteiger partial charge in [0.1, 0.15) is 0 Å². The fraction of sp³-hybridized carbons (Fsp3) is 0. The molecule has 0 aliphatic rings. The summed E-state index contributed by atoms with van der Waals surface area (Å²) < 4.78 is 16.7. The van der Waals surface area contributed by atoms with Gasteiger partial charge in [0.2, 0.25) is 0 Å². The number of rotatable bonds is 0. The lowest BCUT2D eigenvalue weighted by Crippen LogP contribution is -1.14. The van der Waals surface area contributed by atoms with Crippen LogP contribution in [0.15, 0.2) is 11.8 Å². The van der Waals surface area contributed by atoms with E-state index in [1.807, 2.05) is 0 Å². The van der Waals surface area contributed by atoms with Crippen molar-refractivity contribution in [3.05, 3.63) is 11.8 Å². The molecule has 0 aromatic heterocycles. The molecule has 24 valence electrons. The molecule has 0 aromatic carbocycles. The van der Waals surface area contributed by atoms with Crippen molar-refractivity contribution in [2.45, 2.75) is 0 Å². The fourth-order valence-corrected chi connectivity index (χ4v) is 0. The third-order valence-corrected chi connectivity index (χ3v) is 0.124. The molecule has 0 bridgehead atoms. The van der Waals surface area contributed by atoms with E-state index >= 15 is 0 Å². The smallest absolute Gasteiger partial charge is 0.0979 e. The highest BCUT2D eigenvalue weighted by atomic mass is 35.0. The molecule has 0 N–H and O–H groups in total. The van der Waals surface area contributed by atoms with E-state index in [9.17, 15) is 4.39 Å². The third kappa shape index (κ3) is 1.96. The fourth-order valence-electron chi connectivity index (χ4n) is 0. The molecule has 0 amide bonds. The average molecular weight is 81.0 g/mol. The molecule has 0 heterocycles. The molecule has 0 unspecified atom stereocenters. The average Bonchev–Trinajstić information content (AvgIpc) is 1.38. The van der Waals surface area contributed by atoms with Crippen LogP contribution in [0.4, 0.5) is 4.39 Å². The Kier molecular flexibility index (Phi) is 1.64. The van der Waals surface area contributed by atoms with E-state index in [0.717, 1.165) is 0 Å². The highest BCUT2D eigenvalue weighted by Gasteiger charge is 1.41. The molecule has 0 radical (unpaired) electrons. The third-order valence-electron chi connectivity index (χ3n) is 0.0412. The van der Waals surface area contributed by atoms with Gasteiger partial charge >= 0.3 is 0 Å². The number of hydrogen-bond acceptors (Lipinski definition) is 0. The first-order chi connectivity index (χ1) is 2.27. The van der Waals surface area contributed by atoms with Gasteiger partial charge in [-0.05, 0) is 0 Å². The summed E-state index contributed by atoms with van der Waals surface area (Å²) in [5.74, 6) is 0. The summed E-state index contributed by atoms with van der Waals surface area (Å²) in [6.45, 7) is 0. The van der Waals surface area contributed by atoms with Gasteiger partial charge in [-0.15, -0.1) is 0 Å². The van der Waals surface area contributed by atoms with Gasteiger partial charge < -0.3 is 0 Å². The van der Waals surface area contributed by atoms with Crippen molar-refractivity contribution in [1.29, 1.82) is 0 Å². The van der Waals surface area contributed by atoms with Crippen LogP contribution in [0.2, 0.25) is 0 Å². The Hall–Kier alpha value is -0.0400. The summed E-state index contributed by atoms with van der Waals surface area (Å²) in [4.78, 5) is 0. The molecular weight excluding hydrogens is 78.0 g/mol. The lowest BCUT2D eigenvalue weighted by atomic mass is 11.2. The quantitative estimate of drug-likeness (QED) is 0.416. The van der Waals surface area contributed by atoms with Gasteiger partial charge in [-0.2, -0.15) is 0 Å². The summed E-state index contributed by atoms with van der Waals surface area (Å²) in [5.41, 5.74) is -0.565. The van der Waals surface area contributed by atoms with Crippen LogP contribution in [-0.4, -0.2) is 0 Å². The first-order valence-electron chi connectivity index (χ1n) is 1.20. The van der Waals surface area contributed by atoms with Gasteiger partial charge in [-0.25, -0.2) is 4.39 Å². The molecule has 0 aliphatic carbocycles. The van der Waals surface area contributed by atoms with Crippen molar-refractivity contribution in [1.82, 2.24) is 0 Å². The Bertz CT molecular complexity index is 47.6. The minimum Gasteiger partial charge on any atom is -0.215 e. The lowest BCUT2D eigenvalue weighted by molar-refractivity contribution is 0.723. The SMILES string of the molecule is [2H]/C([35Cl])=C\F. The lowest BCUT2D eigenvalue weighted by Gasteiger charge is -1.43. The highest BCUT2D eigenvalue weighted by molar-refractivity contribution is 6.25. The zero-order chi connectivity index (χ0) is 4.28. The largest absolute Gasteiger partial charge is 0.215 e. The van der Waals surface area contributed by atoms with Gasteiger partial charge in [-0.3, -0.25) is 0 Å². The van der Waals surface area contributed by atoms with Gasteiger partial charge in [0.25, 0.3) is 0 Å². The molecule has 0 atom stereocenters. The molecule has 0 aliphatic heterocycles. The molecule has 2 heteroatoms. The van der Waals surface area contributed by atoms with Crippen LogP contribution in [0.5, 0.6) is 0 Å². The first-order valence-corrected chi connectivity index (χ1v) is 1.07. The molecule has 0 fully saturated rings. The van der Waals surface area contributed by atoms with E-state index in [1.54, 1.807) is 0 Å². The standard InChI is InChI=1S/C2H2ClF/c3-1-2-4/h1-2H/b2-1+/i1D,3+0. The molecule has 0 saturated heterocycles. The van der Waals surface area contributed by atoms with E-state index in [-0.39, 0.29) is 6.33 Å². The van der Waals surface area contributed by atoms with Crippen LogP contribution in [0.3, 0.4) is 0 Å². The summed E-state index contributed by atoms with van der Waals surface area (Å²) in [5, 5.41) is 0. The van der Waals surface area contributed by atoms with Crippen LogP contribution in [0, 0.1) is 0 Å². The number of halogens is 2. The first kappa shape index (κ1) is 2.21. The molecule has 0 saturated carbocycles. The maximum Gasteiger partial charge on any atom is 0.0979 e. The van der Waals surface area contributed by atoms with Gasteiger partial charge in [0.15, 0.2) is 0 Å². The Labute approximate surface area is 30.3 Å². The van der Waals surface area contributed by atoms with Crippen LogP contribution in [0.25, 0.3) is 0 Å². The van der Waals surface area contributed by atoms with Crippen LogP contribution >= 0.6 is 11.6 Å². The van der Waals surface area contributed by atoms with E-state index < -0.39 is 5.51 Å². The maximum atomic E-state index is 10.6. The Morgan fingerprint density at radius 3 is 2.50 bits per heavy atom. The summed E-state index contributed by atoms with van der Waals surface area (Å²) in [6.07, 6.45) is 0.0154. The zero-order valence-corrected chi connectivity index (χ0v) is 2.59. The van der Waals surface area contributed by atoms with E-state index in [1.165, 1.54) is 0 Å². The Balaban J connectivity index is 3.14. The maximum absolute atomic E-state index is 10.6. The highest BCUT2D eigenvalue weighted by Crippen LogP contribution is 1.73. The van der Waals surface area contributed by atoms with E-state index in [2.05, 4.69) is 11.6 Å². The van der Waals surface area contributed by atoms with Crippen molar-refractivity contribution in [2.75, 3.05) is 0 Å². The second kappa shape index (κ2) is 2.96. The molecule has 0 nitrogen and oxygen atoms in total. The van der Waals surface area contributed by atoms with E-state index in [0.29, 0.717) is 0 Å². The van der Waals surface area contributed by atoms with Crippen molar-refractivity contribution >= 4 is 11.6 Å². The topological polar surface area (TPSA) is 0 Å². The summed E-state index contributed by atoms with van der Waals surface area (Å²) in [6, 6.07) is 0. The van der Waals surface area contributed by atoms with Crippen LogP contribution < -0.4 is 0 Å².